The van der Waals surface area contributed by atoms with Crippen LogP contribution in [0.1, 0.15) is 37.7 Å². The van der Waals surface area contributed by atoms with E-state index in [9.17, 15) is 14.0 Å². The van der Waals surface area contributed by atoms with Crippen molar-refractivity contribution in [1.29, 1.82) is 0 Å². The van der Waals surface area contributed by atoms with Gasteiger partial charge in [-0.3, -0.25) is 9.59 Å². The maximum Gasteiger partial charge on any atom is 0.251 e. The third kappa shape index (κ3) is 4.28. The molecule has 168 valence electrons. The van der Waals surface area contributed by atoms with Gasteiger partial charge in [-0.1, -0.05) is 24.6 Å². The lowest BCUT2D eigenvalue weighted by molar-refractivity contribution is -0.126. The fraction of sp³-hybridized carbons (Fsp3) is 0.417. The summed E-state index contributed by atoms with van der Waals surface area (Å²) < 4.78 is 26.1. The molecule has 2 aliphatic heterocycles. The van der Waals surface area contributed by atoms with Crippen molar-refractivity contribution in [2.45, 2.75) is 55.6 Å². The fourth-order valence-corrected chi connectivity index (χ4v) is 5.62. The number of halogens is 1. The lowest BCUT2D eigenvalue weighted by atomic mass is 9.94. The normalized spacial score (nSPS) is 23.6. The summed E-state index contributed by atoms with van der Waals surface area (Å²) in [5.41, 5.74) is 1.09. The number of benzene rings is 2. The predicted molar refractivity (Wildman–Crippen MR) is 120 cm³/mol. The van der Waals surface area contributed by atoms with Crippen LogP contribution < -0.4 is 20.1 Å². The molecule has 2 atom stereocenters. The molecule has 1 aliphatic carbocycles. The van der Waals surface area contributed by atoms with Crippen LogP contribution in [0.25, 0.3) is 0 Å². The second kappa shape index (κ2) is 8.65. The Kier molecular flexibility index (Phi) is 5.71. The number of hydrogen-bond acceptors (Lipinski definition) is 5. The monoisotopic (exact) mass is 456 g/mol. The van der Waals surface area contributed by atoms with Gasteiger partial charge in [0.1, 0.15) is 11.9 Å². The summed E-state index contributed by atoms with van der Waals surface area (Å²) in [6, 6.07) is 11.2. The zero-order valence-electron chi connectivity index (χ0n) is 17.6. The number of amides is 2. The van der Waals surface area contributed by atoms with Crippen molar-refractivity contribution >= 4 is 29.3 Å². The Bertz CT molecular complexity index is 1040. The number of fused-ring (bicyclic) bond motifs is 1. The highest BCUT2D eigenvalue weighted by Crippen LogP contribution is 2.46. The van der Waals surface area contributed by atoms with Crippen molar-refractivity contribution < 1.29 is 23.5 Å². The molecule has 0 radical (unpaired) electrons. The number of nitrogens with one attached hydrogen (secondary N) is 2. The van der Waals surface area contributed by atoms with Crippen molar-refractivity contribution in [3.63, 3.8) is 0 Å². The molecule has 2 heterocycles. The summed E-state index contributed by atoms with van der Waals surface area (Å²) in [7, 11) is 0. The molecule has 2 amide bonds. The van der Waals surface area contributed by atoms with E-state index in [4.69, 9.17) is 9.47 Å². The van der Waals surface area contributed by atoms with Crippen LogP contribution in [0.3, 0.4) is 0 Å². The topological polar surface area (TPSA) is 76.7 Å². The fourth-order valence-electron chi connectivity index (χ4n) is 4.45. The van der Waals surface area contributed by atoms with Gasteiger partial charge < -0.3 is 20.1 Å². The highest BCUT2D eigenvalue weighted by molar-refractivity contribution is 8.00. The van der Waals surface area contributed by atoms with Crippen LogP contribution in [0.5, 0.6) is 11.5 Å². The molecule has 2 N–H and O–H groups in total. The van der Waals surface area contributed by atoms with E-state index in [0.29, 0.717) is 34.9 Å². The second-order valence-corrected chi connectivity index (χ2v) is 9.74. The maximum atomic E-state index is 13.9. The van der Waals surface area contributed by atoms with Gasteiger partial charge >= 0.3 is 0 Å². The van der Waals surface area contributed by atoms with E-state index in [1.807, 2.05) is 6.07 Å². The van der Waals surface area contributed by atoms with E-state index >= 15 is 0 Å². The molecule has 0 aromatic heterocycles. The molecule has 1 spiro atoms. The van der Waals surface area contributed by atoms with Crippen LogP contribution in [0.15, 0.2) is 42.5 Å². The molecule has 0 unspecified atom stereocenters. The van der Waals surface area contributed by atoms with E-state index in [-0.39, 0.29) is 17.6 Å². The molecule has 2 aromatic carbocycles. The number of anilines is 1. The first kappa shape index (κ1) is 21.1. The summed E-state index contributed by atoms with van der Waals surface area (Å²) in [4.78, 5) is 25.3. The number of carbonyl (C=O) groups is 2. The van der Waals surface area contributed by atoms with Crippen molar-refractivity contribution in [2.75, 3.05) is 11.1 Å². The Hall–Kier alpha value is -2.74. The molecular formula is C24H25FN2O4S. The van der Waals surface area contributed by atoms with Crippen LogP contribution in [-0.2, 0) is 16.0 Å². The van der Waals surface area contributed by atoms with E-state index in [2.05, 4.69) is 10.6 Å². The number of carbonyl (C=O) groups excluding carboxylic acids is 2. The van der Waals surface area contributed by atoms with Gasteiger partial charge in [-0.25, -0.2) is 4.39 Å². The van der Waals surface area contributed by atoms with E-state index in [1.165, 1.54) is 24.2 Å². The van der Waals surface area contributed by atoms with Gasteiger partial charge in [0.05, 0.1) is 5.25 Å². The Morgan fingerprint density at radius 1 is 1.12 bits per heavy atom. The van der Waals surface area contributed by atoms with Crippen molar-refractivity contribution in [3.8, 4) is 11.5 Å². The van der Waals surface area contributed by atoms with Gasteiger partial charge in [-0.2, -0.15) is 0 Å². The lowest BCUT2D eigenvalue weighted by Crippen LogP contribution is -2.52. The minimum absolute atomic E-state index is 0.255. The standard InChI is InChI=1S/C24H25FN2O4S/c25-17-7-3-2-6-15(17)12-21-23(29)27-18(14-32-21)22(28)26-16-8-9-19-20(13-16)31-24(30-19)10-4-1-5-11-24/h2-3,6-9,13,18,21H,1,4-5,10-12,14H2,(H,26,28)(H,27,29)/t18-,21+/m1/s1. The number of hydrogen-bond donors (Lipinski definition) is 2. The molecule has 2 aromatic rings. The predicted octanol–water partition coefficient (Wildman–Crippen LogP) is 4.04. The largest absolute Gasteiger partial charge is 0.448 e. The summed E-state index contributed by atoms with van der Waals surface area (Å²) in [6.07, 6.45) is 5.37. The van der Waals surface area contributed by atoms with Gasteiger partial charge in [-0.05, 0) is 43.0 Å². The van der Waals surface area contributed by atoms with Crippen LogP contribution in [-0.4, -0.2) is 34.6 Å². The Morgan fingerprint density at radius 3 is 2.69 bits per heavy atom. The van der Waals surface area contributed by atoms with Crippen molar-refractivity contribution in [3.05, 3.63) is 53.8 Å². The van der Waals surface area contributed by atoms with E-state index < -0.39 is 17.1 Å². The minimum atomic E-state index is -0.653. The Labute approximate surface area is 190 Å². The van der Waals surface area contributed by atoms with Gasteiger partial charge in [0.25, 0.3) is 5.79 Å². The second-order valence-electron chi connectivity index (χ2n) is 8.50. The van der Waals surface area contributed by atoms with Crippen molar-refractivity contribution in [2.24, 2.45) is 0 Å². The molecule has 2 fully saturated rings. The third-order valence-electron chi connectivity index (χ3n) is 6.17. The van der Waals surface area contributed by atoms with E-state index in [1.54, 1.807) is 30.3 Å². The average molecular weight is 457 g/mol. The lowest BCUT2D eigenvalue weighted by Gasteiger charge is -2.31. The number of rotatable bonds is 4. The molecule has 1 saturated carbocycles. The van der Waals surface area contributed by atoms with Gasteiger partial charge in [0, 0.05) is 30.3 Å². The quantitative estimate of drug-likeness (QED) is 0.726. The van der Waals surface area contributed by atoms with Gasteiger partial charge in [-0.15, -0.1) is 11.8 Å². The van der Waals surface area contributed by atoms with Crippen LogP contribution in [0.4, 0.5) is 10.1 Å². The Balaban J connectivity index is 1.18. The van der Waals surface area contributed by atoms with Crippen LogP contribution in [0.2, 0.25) is 0 Å². The van der Waals surface area contributed by atoms with Crippen LogP contribution in [0, 0.1) is 5.82 Å². The molecular weight excluding hydrogens is 431 g/mol. The summed E-state index contributed by atoms with van der Waals surface area (Å²) in [6.45, 7) is 0. The molecule has 32 heavy (non-hydrogen) atoms. The number of ether oxygens (including phenoxy) is 2. The molecule has 0 bridgehead atoms. The maximum absolute atomic E-state index is 13.9. The first-order chi connectivity index (χ1) is 15.5. The summed E-state index contributed by atoms with van der Waals surface area (Å²) in [5, 5.41) is 5.22. The molecule has 8 heteroatoms. The van der Waals surface area contributed by atoms with E-state index in [0.717, 1.165) is 25.7 Å². The first-order valence-corrected chi connectivity index (χ1v) is 12.0. The summed E-state index contributed by atoms with van der Waals surface area (Å²) in [5.74, 6) is 0.322. The SMILES string of the molecule is O=C1N[C@@H](C(=O)Nc2ccc3c(c2)OC2(CCCCC2)O3)CS[C@H]1Cc1ccccc1F. The molecule has 5 rings (SSSR count). The van der Waals surface area contributed by atoms with Crippen LogP contribution >= 0.6 is 11.8 Å². The number of thioether (sulfide) groups is 1. The van der Waals surface area contributed by atoms with Crippen molar-refractivity contribution in [1.82, 2.24) is 5.32 Å². The highest BCUT2D eigenvalue weighted by Gasteiger charge is 2.42. The first-order valence-electron chi connectivity index (χ1n) is 11.0. The average Bonchev–Trinajstić information content (AvgIpc) is 3.13. The molecule has 1 saturated heterocycles. The zero-order chi connectivity index (χ0) is 22.1. The van der Waals surface area contributed by atoms with Gasteiger partial charge in [0.2, 0.25) is 11.8 Å². The molecule has 6 nitrogen and oxygen atoms in total. The smallest absolute Gasteiger partial charge is 0.251 e. The highest BCUT2D eigenvalue weighted by atomic mass is 32.2. The van der Waals surface area contributed by atoms with Gasteiger partial charge in [0.15, 0.2) is 11.5 Å². The molecule has 3 aliphatic rings. The zero-order valence-corrected chi connectivity index (χ0v) is 18.4. The summed E-state index contributed by atoms with van der Waals surface area (Å²) >= 11 is 1.37. The minimum Gasteiger partial charge on any atom is -0.448 e. The Morgan fingerprint density at radius 2 is 1.91 bits per heavy atom. The third-order valence-corrected chi connectivity index (χ3v) is 7.48.